The van der Waals surface area contributed by atoms with E-state index < -0.39 is 0 Å². The summed E-state index contributed by atoms with van der Waals surface area (Å²) in [5.74, 6) is 0.296. The molecule has 2 heteroatoms. The quantitative estimate of drug-likeness (QED) is 0.654. The highest BCUT2D eigenvalue weighted by Gasteiger charge is 2.17. The standard InChI is InChI=1S/C13H22O2/c1-3-15-13-10-6-8-11(2)7-4-5-9-12(13)14/h8,13H,3-7,9-10H2,1-2H3/b11-8+. The van der Waals surface area contributed by atoms with Crippen LogP contribution >= 0.6 is 0 Å². The summed E-state index contributed by atoms with van der Waals surface area (Å²) < 4.78 is 5.48. The molecule has 0 aromatic heterocycles. The number of ketones is 1. The van der Waals surface area contributed by atoms with Gasteiger partial charge in [0.1, 0.15) is 6.10 Å². The maximum Gasteiger partial charge on any atom is 0.161 e. The summed E-state index contributed by atoms with van der Waals surface area (Å²) >= 11 is 0. The third-order valence-corrected chi connectivity index (χ3v) is 2.89. The molecule has 0 radical (unpaired) electrons. The van der Waals surface area contributed by atoms with Crippen LogP contribution in [-0.4, -0.2) is 18.5 Å². The Balaban J connectivity index is 2.54. The molecule has 0 heterocycles. The minimum Gasteiger partial charge on any atom is -0.371 e. The second-order valence-corrected chi connectivity index (χ2v) is 4.25. The Bertz CT molecular complexity index is 231. The van der Waals surface area contributed by atoms with Gasteiger partial charge in [-0.05, 0) is 46.0 Å². The highest BCUT2D eigenvalue weighted by Crippen LogP contribution is 2.16. The van der Waals surface area contributed by atoms with Crippen molar-refractivity contribution in [3.05, 3.63) is 11.6 Å². The van der Waals surface area contributed by atoms with Crippen LogP contribution < -0.4 is 0 Å². The molecule has 1 aliphatic rings. The van der Waals surface area contributed by atoms with Gasteiger partial charge in [0.2, 0.25) is 0 Å². The summed E-state index contributed by atoms with van der Waals surface area (Å²) in [5.41, 5.74) is 1.46. The molecule has 1 atom stereocenters. The van der Waals surface area contributed by atoms with Crippen molar-refractivity contribution in [1.82, 2.24) is 0 Å². The number of rotatable bonds is 2. The lowest BCUT2D eigenvalue weighted by Gasteiger charge is -2.16. The van der Waals surface area contributed by atoms with Crippen molar-refractivity contribution in [3.63, 3.8) is 0 Å². The highest BCUT2D eigenvalue weighted by atomic mass is 16.5. The monoisotopic (exact) mass is 210 g/mol. The van der Waals surface area contributed by atoms with Crippen molar-refractivity contribution in [2.24, 2.45) is 0 Å². The maximum absolute atomic E-state index is 11.8. The van der Waals surface area contributed by atoms with Crippen molar-refractivity contribution in [1.29, 1.82) is 0 Å². The van der Waals surface area contributed by atoms with Crippen molar-refractivity contribution >= 4 is 5.78 Å². The summed E-state index contributed by atoms with van der Waals surface area (Å²) in [4.78, 5) is 11.8. The summed E-state index contributed by atoms with van der Waals surface area (Å²) in [5, 5.41) is 0. The topological polar surface area (TPSA) is 26.3 Å². The first-order chi connectivity index (χ1) is 7.24. The van der Waals surface area contributed by atoms with Gasteiger partial charge in [-0.2, -0.15) is 0 Å². The second-order valence-electron chi connectivity index (χ2n) is 4.25. The van der Waals surface area contributed by atoms with Gasteiger partial charge in [-0.15, -0.1) is 0 Å². The number of allylic oxidation sites excluding steroid dienone is 2. The van der Waals surface area contributed by atoms with E-state index in [9.17, 15) is 4.79 Å². The van der Waals surface area contributed by atoms with Crippen LogP contribution in [0, 0.1) is 0 Å². The predicted octanol–water partition coefficient (Wildman–Crippen LogP) is 3.26. The lowest BCUT2D eigenvalue weighted by atomic mass is 9.98. The average molecular weight is 210 g/mol. The summed E-state index contributed by atoms with van der Waals surface area (Å²) in [7, 11) is 0. The van der Waals surface area contributed by atoms with Gasteiger partial charge in [0.15, 0.2) is 5.78 Å². The van der Waals surface area contributed by atoms with Crippen LogP contribution in [0.3, 0.4) is 0 Å². The summed E-state index contributed by atoms with van der Waals surface area (Å²) in [6.07, 6.45) is 7.90. The lowest BCUT2D eigenvalue weighted by Crippen LogP contribution is -2.24. The molecule has 1 rings (SSSR count). The fourth-order valence-corrected chi connectivity index (χ4v) is 1.99. The molecule has 0 bridgehead atoms. The number of carbonyl (C=O) groups is 1. The first-order valence-corrected chi connectivity index (χ1v) is 6.04. The van der Waals surface area contributed by atoms with Crippen molar-refractivity contribution in [3.8, 4) is 0 Å². The van der Waals surface area contributed by atoms with E-state index in [-0.39, 0.29) is 6.10 Å². The summed E-state index contributed by atoms with van der Waals surface area (Å²) in [6.45, 7) is 4.77. The molecular weight excluding hydrogens is 188 g/mol. The van der Waals surface area contributed by atoms with E-state index in [0.717, 1.165) is 32.1 Å². The van der Waals surface area contributed by atoms with Gasteiger partial charge in [-0.3, -0.25) is 4.79 Å². The number of ether oxygens (including phenoxy) is 1. The third-order valence-electron chi connectivity index (χ3n) is 2.89. The molecule has 0 saturated heterocycles. The van der Waals surface area contributed by atoms with E-state index in [1.807, 2.05) is 6.92 Å². The predicted molar refractivity (Wildman–Crippen MR) is 61.9 cm³/mol. The van der Waals surface area contributed by atoms with E-state index in [1.165, 1.54) is 5.57 Å². The normalized spacial score (nSPS) is 28.3. The molecule has 0 N–H and O–H groups in total. The van der Waals surface area contributed by atoms with Gasteiger partial charge >= 0.3 is 0 Å². The van der Waals surface area contributed by atoms with Crippen LogP contribution in [0.25, 0.3) is 0 Å². The molecule has 15 heavy (non-hydrogen) atoms. The van der Waals surface area contributed by atoms with Crippen LogP contribution in [0.2, 0.25) is 0 Å². The van der Waals surface area contributed by atoms with Gasteiger partial charge in [0, 0.05) is 13.0 Å². The van der Waals surface area contributed by atoms with Crippen LogP contribution in [0.5, 0.6) is 0 Å². The average Bonchev–Trinajstić information content (AvgIpc) is 2.22. The van der Waals surface area contributed by atoms with Crippen molar-refractivity contribution in [2.75, 3.05) is 6.61 Å². The molecule has 0 saturated carbocycles. The minimum absolute atomic E-state index is 0.155. The van der Waals surface area contributed by atoms with Crippen LogP contribution in [0.1, 0.15) is 52.4 Å². The Labute approximate surface area is 92.7 Å². The zero-order valence-electron chi connectivity index (χ0n) is 9.92. The number of Topliss-reactive ketones (excluding diaryl/α,β-unsaturated/α-hetero) is 1. The van der Waals surface area contributed by atoms with Gasteiger partial charge in [-0.25, -0.2) is 0 Å². The molecule has 1 unspecified atom stereocenters. The SMILES string of the molecule is CCOC1CC/C=C(\C)CCCCC1=O. The maximum atomic E-state index is 11.8. The van der Waals surface area contributed by atoms with Crippen LogP contribution in [0.15, 0.2) is 11.6 Å². The van der Waals surface area contributed by atoms with Gasteiger partial charge in [0.25, 0.3) is 0 Å². The Morgan fingerprint density at radius 3 is 2.87 bits per heavy atom. The Morgan fingerprint density at radius 1 is 1.40 bits per heavy atom. The van der Waals surface area contributed by atoms with Gasteiger partial charge in [0.05, 0.1) is 0 Å². The molecule has 0 aromatic carbocycles. The first-order valence-electron chi connectivity index (χ1n) is 6.04. The van der Waals surface area contributed by atoms with Gasteiger partial charge < -0.3 is 4.74 Å². The molecule has 0 fully saturated rings. The Hall–Kier alpha value is -0.630. The third kappa shape index (κ3) is 4.61. The number of hydrogen-bond donors (Lipinski definition) is 0. The number of hydrogen-bond acceptors (Lipinski definition) is 2. The zero-order valence-corrected chi connectivity index (χ0v) is 9.92. The second kappa shape index (κ2) is 6.78. The van der Waals surface area contributed by atoms with Gasteiger partial charge in [-0.1, -0.05) is 11.6 Å². The molecule has 1 aliphatic carbocycles. The molecule has 0 spiro atoms. The van der Waals surface area contributed by atoms with E-state index in [0.29, 0.717) is 18.8 Å². The van der Waals surface area contributed by atoms with Crippen molar-refractivity contribution in [2.45, 2.75) is 58.5 Å². The van der Waals surface area contributed by atoms with Crippen LogP contribution in [-0.2, 0) is 9.53 Å². The molecule has 86 valence electrons. The van der Waals surface area contributed by atoms with E-state index in [2.05, 4.69) is 13.0 Å². The molecule has 0 aromatic rings. The Kier molecular flexibility index (Phi) is 5.62. The Morgan fingerprint density at radius 2 is 2.13 bits per heavy atom. The number of carbonyl (C=O) groups excluding carboxylic acids is 1. The fourth-order valence-electron chi connectivity index (χ4n) is 1.99. The minimum atomic E-state index is -0.155. The largest absolute Gasteiger partial charge is 0.371 e. The smallest absolute Gasteiger partial charge is 0.161 e. The molecular formula is C13H22O2. The van der Waals surface area contributed by atoms with E-state index >= 15 is 0 Å². The van der Waals surface area contributed by atoms with Crippen molar-refractivity contribution < 1.29 is 9.53 Å². The van der Waals surface area contributed by atoms with E-state index in [4.69, 9.17) is 4.74 Å². The summed E-state index contributed by atoms with van der Waals surface area (Å²) in [6, 6.07) is 0. The molecule has 2 nitrogen and oxygen atoms in total. The van der Waals surface area contributed by atoms with E-state index in [1.54, 1.807) is 0 Å². The first kappa shape index (κ1) is 12.4. The zero-order chi connectivity index (χ0) is 11.1. The molecule has 0 amide bonds. The fraction of sp³-hybridized carbons (Fsp3) is 0.769. The molecule has 0 aliphatic heterocycles. The lowest BCUT2D eigenvalue weighted by molar-refractivity contribution is -0.130. The van der Waals surface area contributed by atoms with Crippen LogP contribution in [0.4, 0.5) is 0 Å². The highest BCUT2D eigenvalue weighted by molar-refractivity contribution is 5.83.